The van der Waals surface area contributed by atoms with Crippen molar-refractivity contribution < 1.29 is 27.8 Å². The zero-order valence-electron chi connectivity index (χ0n) is 16.1. The molecule has 0 aliphatic carbocycles. The molecule has 3 aromatic rings. The molecule has 158 valence electrons. The van der Waals surface area contributed by atoms with E-state index in [0.717, 1.165) is 23.0 Å². The Morgan fingerprint density at radius 2 is 1.97 bits per heavy atom. The van der Waals surface area contributed by atoms with Gasteiger partial charge < -0.3 is 14.6 Å². The second-order valence-electron chi connectivity index (χ2n) is 7.15. The van der Waals surface area contributed by atoms with E-state index in [0.29, 0.717) is 40.7 Å². The van der Waals surface area contributed by atoms with Crippen LogP contribution in [0.3, 0.4) is 0 Å². The van der Waals surface area contributed by atoms with E-state index >= 15 is 0 Å². The monoisotopic (exact) mass is 437 g/mol. The summed E-state index contributed by atoms with van der Waals surface area (Å²) >= 11 is 0.958. The summed E-state index contributed by atoms with van der Waals surface area (Å²) in [6, 6.07) is 7.59. The molecule has 0 amide bonds. The second kappa shape index (κ2) is 7.39. The van der Waals surface area contributed by atoms with Crippen molar-refractivity contribution in [1.29, 1.82) is 0 Å². The van der Waals surface area contributed by atoms with Crippen LogP contribution in [0.15, 0.2) is 35.1 Å². The first-order valence-electron chi connectivity index (χ1n) is 9.18. The van der Waals surface area contributed by atoms with E-state index in [-0.39, 0.29) is 22.2 Å². The van der Waals surface area contributed by atoms with Gasteiger partial charge in [-0.15, -0.1) is 0 Å². The Morgan fingerprint density at radius 1 is 1.20 bits per heavy atom. The number of thiazole rings is 1. The lowest BCUT2D eigenvalue weighted by Gasteiger charge is -2.25. The van der Waals surface area contributed by atoms with Gasteiger partial charge >= 0.3 is 11.0 Å². The summed E-state index contributed by atoms with van der Waals surface area (Å²) in [5.74, 6) is 0.962. The number of aromatic amines is 1. The number of aromatic nitrogens is 1. The molecule has 1 aliphatic rings. The molecule has 2 heterocycles. The standard InChI is InChI=1S/C21H18F3NO4S/c1-10-8-16(11(2)7-15(10)21(22,23)24)29-12-3-4-13-14(5-6-28-17(13)9-12)18-19(26)25-20(27)30-18/h3-4,7-9,14,26H,5-6H2,1-2H3,(H,25,27)/t14-/m1/s1. The molecule has 0 unspecified atom stereocenters. The van der Waals surface area contributed by atoms with E-state index in [1.807, 2.05) is 0 Å². The van der Waals surface area contributed by atoms with Gasteiger partial charge in [-0.2, -0.15) is 13.2 Å². The molecular weight excluding hydrogens is 419 g/mol. The third-order valence-corrected chi connectivity index (χ3v) is 6.04. The molecule has 0 bridgehead atoms. The predicted octanol–water partition coefficient (Wildman–Crippen LogP) is 5.48. The minimum absolute atomic E-state index is 0.0789. The fourth-order valence-corrected chi connectivity index (χ4v) is 4.49. The number of H-pyrrole nitrogens is 1. The highest BCUT2D eigenvalue weighted by Gasteiger charge is 2.33. The van der Waals surface area contributed by atoms with Crippen LogP contribution in [0.2, 0.25) is 0 Å². The van der Waals surface area contributed by atoms with E-state index in [1.165, 1.54) is 13.0 Å². The zero-order valence-corrected chi connectivity index (χ0v) is 16.9. The van der Waals surface area contributed by atoms with E-state index in [4.69, 9.17) is 9.47 Å². The number of aryl methyl sites for hydroxylation is 2. The normalized spacial score (nSPS) is 16.1. The number of aromatic hydroxyl groups is 1. The van der Waals surface area contributed by atoms with Gasteiger partial charge in [-0.3, -0.25) is 9.78 Å². The Labute approximate surface area is 173 Å². The number of alkyl halides is 3. The summed E-state index contributed by atoms with van der Waals surface area (Å²) in [6.07, 6.45) is -3.82. The second-order valence-corrected chi connectivity index (χ2v) is 8.16. The predicted molar refractivity (Wildman–Crippen MR) is 106 cm³/mol. The Hall–Kier alpha value is -2.94. The van der Waals surface area contributed by atoms with E-state index in [1.54, 1.807) is 25.1 Å². The van der Waals surface area contributed by atoms with Crippen LogP contribution >= 0.6 is 11.3 Å². The Balaban J connectivity index is 1.65. The molecule has 1 aliphatic heterocycles. The Morgan fingerprint density at radius 3 is 2.63 bits per heavy atom. The lowest BCUT2D eigenvalue weighted by Crippen LogP contribution is -2.14. The smallest absolute Gasteiger partial charge is 0.416 e. The molecule has 2 N–H and O–H groups in total. The van der Waals surface area contributed by atoms with Crippen molar-refractivity contribution in [2.75, 3.05) is 6.61 Å². The lowest BCUT2D eigenvalue weighted by molar-refractivity contribution is -0.138. The van der Waals surface area contributed by atoms with E-state index < -0.39 is 11.7 Å². The van der Waals surface area contributed by atoms with Crippen molar-refractivity contribution in [1.82, 2.24) is 4.98 Å². The number of ether oxygens (including phenoxy) is 2. The summed E-state index contributed by atoms with van der Waals surface area (Å²) < 4.78 is 50.8. The molecule has 0 saturated heterocycles. The van der Waals surface area contributed by atoms with Crippen LogP contribution in [-0.4, -0.2) is 16.7 Å². The Kier molecular flexibility index (Phi) is 5.01. The summed E-state index contributed by atoms with van der Waals surface area (Å²) in [5.41, 5.74) is 0.565. The number of fused-ring (bicyclic) bond motifs is 1. The SMILES string of the molecule is Cc1cc(C(F)(F)F)c(C)cc1Oc1ccc2c(c1)OCC[C@H]2c1sc(=O)[nH]c1O. The number of hydrogen-bond donors (Lipinski definition) is 2. The first kappa shape index (κ1) is 20.3. The number of rotatable bonds is 3. The minimum Gasteiger partial charge on any atom is -0.494 e. The van der Waals surface area contributed by atoms with Crippen LogP contribution in [0, 0.1) is 13.8 Å². The van der Waals surface area contributed by atoms with Crippen molar-refractivity contribution in [3.63, 3.8) is 0 Å². The Bertz CT molecular complexity index is 1170. The van der Waals surface area contributed by atoms with Crippen LogP contribution in [0.1, 0.15) is 39.5 Å². The third-order valence-electron chi connectivity index (χ3n) is 5.05. The fraction of sp³-hybridized carbons (Fsp3) is 0.286. The van der Waals surface area contributed by atoms with Crippen LogP contribution in [-0.2, 0) is 6.18 Å². The summed E-state index contributed by atoms with van der Waals surface area (Å²) in [7, 11) is 0. The van der Waals surface area contributed by atoms with Crippen molar-refractivity contribution in [2.24, 2.45) is 0 Å². The van der Waals surface area contributed by atoms with Gasteiger partial charge in [0.05, 0.1) is 17.0 Å². The van der Waals surface area contributed by atoms with Gasteiger partial charge in [-0.1, -0.05) is 17.4 Å². The van der Waals surface area contributed by atoms with Crippen molar-refractivity contribution in [2.45, 2.75) is 32.4 Å². The van der Waals surface area contributed by atoms with Gasteiger partial charge in [0.15, 0.2) is 0 Å². The van der Waals surface area contributed by atoms with Gasteiger partial charge in [0.1, 0.15) is 17.2 Å². The quantitative estimate of drug-likeness (QED) is 0.569. The van der Waals surface area contributed by atoms with Gasteiger partial charge in [0.25, 0.3) is 0 Å². The molecule has 0 saturated carbocycles. The summed E-state index contributed by atoms with van der Waals surface area (Å²) in [4.78, 5) is 14.1. The molecule has 2 aromatic carbocycles. The maximum absolute atomic E-state index is 13.1. The molecule has 9 heteroatoms. The lowest BCUT2D eigenvalue weighted by atomic mass is 9.92. The number of hydrogen-bond acceptors (Lipinski definition) is 5. The highest BCUT2D eigenvalue weighted by molar-refractivity contribution is 7.09. The largest absolute Gasteiger partial charge is 0.494 e. The first-order valence-corrected chi connectivity index (χ1v) is 10.00. The summed E-state index contributed by atoms with van der Waals surface area (Å²) in [5, 5.41) is 10.0. The minimum atomic E-state index is -4.42. The van der Waals surface area contributed by atoms with Crippen LogP contribution in [0.4, 0.5) is 13.2 Å². The molecule has 1 atom stereocenters. The highest BCUT2D eigenvalue weighted by Crippen LogP contribution is 2.44. The molecule has 1 aromatic heterocycles. The van der Waals surface area contributed by atoms with Crippen molar-refractivity contribution in [3.8, 4) is 23.1 Å². The van der Waals surface area contributed by atoms with Gasteiger partial charge in [-0.25, -0.2) is 0 Å². The fourth-order valence-electron chi connectivity index (χ4n) is 3.61. The number of benzene rings is 2. The molecule has 0 fully saturated rings. The summed E-state index contributed by atoms with van der Waals surface area (Å²) in [6.45, 7) is 3.35. The molecule has 0 radical (unpaired) electrons. The number of nitrogens with one attached hydrogen (secondary N) is 1. The molecule has 4 rings (SSSR count). The van der Waals surface area contributed by atoms with E-state index in [9.17, 15) is 23.1 Å². The topological polar surface area (TPSA) is 71.5 Å². The molecule has 30 heavy (non-hydrogen) atoms. The van der Waals surface area contributed by atoms with Crippen LogP contribution in [0.5, 0.6) is 23.1 Å². The van der Waals surface area contributed by atoms with E-state index in [2.05, 4.69) is 4.98 Å². The van der Waals surface area contributed by atoms with Gasteiger partial charge in [0.2, 0.25) is 5.88 Å². The number of halogens is 3. The van der Waals surface area contributed by atoms with Crippen LogP contribution in [0.25, 0.3) is 0 Å². The zero-order chi connectivity index (χ0) is 21.6. The van der Waals surface area contributed by atoms with Gasteiger partial charge in [-0.05, 0) is 49.6 Å². The molecule has 5 nitrogen and oxygen atoms in total. The maximum atomic E-state index is 13.1. The van der Waals surface area contributed by atoms with Gasteiger partial charge in [0, 0.05) is 17.5 Å². The molecular formula is C21H18F3NO4S. The maximum Gasteiger partial charge on any atom is 0.416 e. The first-order chi connectivity index (χ1) is 14.1. The molecule has 0 spiro atoms. The van der Waals surface area contributed by atoms with Crippen LogP contribution < -0.4 is 14.3 Å². The van der Waals surface area contributed by atoms with Crippen molar-refractivity contribution in [3.05, 3.63) is 67.1 Å². The van der Waals surface area contributed by atoms with Crippen molar-refractivity contribution >= 4 is 11.3 Å². The third kappa shape index (κ3) is 3.77. The average molecular weight is 437 g/mol. The average Bonchev–Trinajstić information content (AvgIpc) is 3.00. The highest BCUT2D eigenvalue weighted by atomic mass is 32.1.